The van der Waals surface area contributed by atoms with Crippen molar-refractivity contribution >= 4 is 40.5 Å². The predicted molar refractivity (Wildman–Crippen MR) is 92.4 cm³/mol. The van der Waals surface area contributed by atoms with Gasteiger partial charge in [-0.25, -0.2) is 9.18 Å². The number of nitro groups is 1. The molecule has 0 spiro atoms. The van der Waals surface area contributed by atoms with Gasteiger partial charge in [-0.15, -0.1) is 0 Å². The molecule has 0 aliphatic heterocycles. The van der Waals surface area contributed by atoms with Crippen LogP contribution in [-0.2, 0) is 9.53 Å². The molecule has 0 aromatic heterocycles. The van der Waals surface area contributed by atoms with E-state index in [0.29, 0.717) is 0 Å². The lowest BCUT2D eigenvalue weighted by atomic mass is 10.1. The fourth-order valence-electron chi connectivity index (χ4n) is 1.95. The number of anilines is 2. The molecular weight excluding hydrogens is 369 g/mol. The van der Waals surface area contributed by atoms with Gasteiger partial charge in [0.25, 0.3) is 11.6 Å². The zero-order valence-corrected chi connectivity index (χ0v) is 14.1. The molecule has 0 heterocycles. The van der Waals surface area contributed by atoms with Gasteiger partial charge in [0.15, 0.2) is 6.10 Å². The first-order valence-corrected chi connectivity index (χ1v) is 7.57. The molecule has 10 heteroatoms. The first-order valence-electron chi connectivity index (χ1n) is 7.20. The molecule has 1 amide bonds. The van der Waals surface area contributed by atoms with Crippen LogP contribution in [0.2, 0.25) is 5.02 Å². The molecule has 2 rings (SSSR count). The first kappa shape index (κ1) is 19.1. The number of rotatable bonds is 5. The molecule has 2 aromatic carbocycles. The average molecular weight is 382 g/mol. The number of halogens is 2. The molecule has 0 radical (unpaired) electrons. The molecule has 0 saturated carbocycles. The third kappa shape index (κ3) is 4.45. The van der Waals surface area contributed by atoms with Gasteiger partial charge in [-0.1, -0.05) is 11.6 Å². The number of nitro benzene ring substituents is 1. The molecule has 0 aliphatic carbocycles. The summed E-state index contributed by atoms with van der Waals surface area (Å²) < 4.78 is 18.0. The van der Waals surface area contributed by atoms with Crippen LogP contribution in [0.1, 0.15) is 17.3 Å². The van der Waals surface area contributed by atoms with Crippen LogP contribution in [0.5, 0.6) is 0 Å². The van der Waals surface area contributed by atoms with Gasteiger partial charge >= 0.3 is 5.97 Å². The van der Waals surface area contributed by atoms with E-state index in [9.17, 15) is 24.1 Å². The predicted octanol–water partition coefficient (Wildman–Crippen LogP) is 3.15. The van der Waals surface area contributed by atoms with Gasteiger partial charge in [-0.3, -0.25) is 14.9 Å². The van der Waals surface area contributed by atoms with E-state index >= 15 is 0 Å². The Morgan fingerprint density at radius 1 is 1.31 bits per heavy atom. The fourth-order valence-corrected chi connectivity index (χ4v) is 2.17. The minimum Gasteiger partial charge on any atom is -0.449 e. The third-order valence-electron chi connectivity index (χ3n) is 3.31. The SMILES string of the molecule is C[C@H](OC(=O)c1ccc([N+](=O)[O-])cc1N)C(=O)Nc1ccc(F)cc1Cl. The van der Waals surface area contributed by atoms with Crippen LogP contribution >= 0.6 is 11.6 Å². The summed E-state index contributed by atoms with van der Waals surface area (Å²) in [6.07, 6.45) is -1.22. The number of hydrogen-bond acceptors (Lipinski definition) is 6. The summed E-state index contributed by atoms with van der Waals surface area (Å²) in [7, 11) is 0. The minimum atomic E-state index is -1.22. The van der Waals surface area contributed by atoms with Gasteiger partial charge < -0.3 is 15.8 Å². The van der Waals surface area contributed by atoms with Crippen LogP contribution in [0.25, 0.3) is 0 Å². The molecule has 0 saturated heterocycles. The topological polar surface area (TPSA) is 125 Å². The maximum absolute atomic E-state index is 13.0. The third-order valence-corrected chi connectivity index (χ3v) is 3.62. The summed E-state index contributed by atoms with van der Waals surface area (Å²) in [5, 5.41) is 13.1. The van der Waals surface area contributed by atoms with Crippen molar-refractivity contribution in [3.05, 3.63) is 62.9 Å². The molecule has 26 heavy (non-hydrogen) atoms. The molecule has 0 unspecified atom stereocenters. The Morgan fingerprint density at radius 3 is 2.58 bits per heavy atom. The number of amides is 1. The van der Waals surface area contributed by atoms with E-state index in [-0.39, 0.29) is 27.6 Å². The fraction of sp³-hybridized carbons (Fsp3) is 0.125. The van der Waals surface area contributed by atoms with E-state index in [1.165, 1.54) is 13.0 Å². The van der Waals surface area contributed by atoms with Gasteiger partial charge in [0.05, 0.1) is 26.9 Å². The number of nitrogens with one attached hydrogen (secondary N) is 1. The van der Waals surface area contributed by atoms with Crippen LogP contribution < -0.4 is 11.1 Å². The van der Waals surface area contributed by atoms with Gasteiger partial charge in [0.1, 0.15) is 5.82 Å². The van der Waals surface area contributed by atoms with Crippen molar-refractivity contribution in [2.75, 3.05) is 11.1 Å². The van der Waals surface area contributed by atoms with E-state index in [2.05, 4.69) is 5.32 Å². The van der Waals surface area contributed by atoms with Gasteiger partial charge in [0, 0.05) is 12.1 Å². The number of benzene rings is 2. The number of hydrogen-bond donors (Lipinski definition) is 2. The van der Waals surface area contributed by atoms with Crippen LogP contribution in [0.15, 0.2) is 36.4 Å². The molecule has 0 bridgehead atoms. The van der Waals surface area contributed by atoms with E-state index in [0.717, 1.165) is 30.3 Å². The number of nitrogen functional groups attached to an aromatic ring is 1. The Bertz CT molecular complexity index is 890. The van der Waals surface area contributed by atoms with Gasteiger partial charge in [-0.05, 0) is 31.2 Å². The van der Waals surface area contributed by atoms with Crippen molar-refractivity contribution in [2.45, 2.75) is 13.0 Å². The summed E-state index contributed by atoms with van der Waals surface area (Å²) in [6, 6.07) is 6.63. The van der Waals surface area contributed by atoms with Crippen molar-refractivity contribution in [3.63, 3.8) is 0 Å². The highest BCUT2D eigenvalue weighted by Gasteiger charge is 2.22. The van der Waals surface area contributed by atoms with Crippen molar-refractivity contribution in [2.24, 2.45) is 0 Å². The monoisotopic (exact) mass is 381 g/mol. The number of carbonyl (C=O) groups excluding carboxylic acids is 2. The number of carbonyl (C=O) groups is 2. The molecule has 136 valence electrons. The van der Waals surface area contributed by atoms with Crippen molar-refractivity contribution in [1.82, 2.24) is 0 Å². The van der Waals surface area contributed by atoms with Crippen LogP contribution in [0, 0.1) is 15.9 Å². The molecular formula is C16H13ClFN3O5. The van der Waals surface area contributed by atoms with Crippen molar-refractivity contribution in [1.29, 1.82) is 0 Å². The number of nitrogens with two attached hydrogens (primary N) is 1. The Labute approximate surface area is 151 Å². The number of ether oxygens (including phenoxy) is 1. The Kier molecular flexibility index (Phi) is 5.73. The Hall–Kier alpha value is -3.20. The standard InChI is InChI=1S/C16H13ClFN3O5/c1-8(15(22)20-14-5-2-9(18)6-12(14)17)26-16(23)11-4-3-10(21(24)25)7-13(11)19/h2-8H,19H2,1H3,(H,20,22)/t8-/m0/s1. The van der Waals surface area contributed by atoms with E-state index < -0.39 is 28.7 Å². The smallest absolute Gasteiger partial charge is 0.341 e. The maximum Gasteiger partial charge on any atom is 0.341 e. The van der Waals surface area contributed by atoms with Crippen molar-refractivity contribution in [3.8, 4) is 0 Å². The Morgan fingerprint density at radius 2 is 2.00 bits per heavy atom. The van der Waals surface area contributed by atoms with Crippen LogP contribution in [0.3, 0.4) is 0 Å². The quantitative estimate of drug-likeness (QED) is 0.355. The summed E-state index contributed by atoms with van der Waals surface area (Å²) in [5.74, 6) is -2.20. The summed E-state index contributed by atoms with van der Waals surface area (Å²) in [6.45, 7) is 1.31. The average Bonchev–Trinajstić information content (AvgIpc) is 2.56. The molecule has 1 atom stereocenters. The molecule has 8 nitrogen and oxygen atoms in total. The van der Waals surface area contributed by atoms with E-state index in [1.54, 1.807) is 0 Å². The second kappa shape index (κ2) is 7.79. The maximum atomic E-state index is 13.0. The first-order chi connectivity index (χ1) is 12.2. The highest BCUT2D eigenvalue weighted by molar-refractivity contribution is 6.33. The lowest BCUT2D eigenvalue weighted by Gasteiger charge is -2.15. The van der Waals surface area contributed by atoms with Crippen molar-refractivity contribution < 1.29 is 23.6 Å². The lowest BCUT2D eigenvalue weighted by Crippen LogP contribution is -2.30. The van der Waals surface area contributed by atoms with Gasteiger partial charge in [-0.2, -0.15) is 0 Å². The second-order valence-corrected chi connectivity index (χ2v) is 5.60. The highest BCUT2D eigenvalue weighted by atomic mass is 35.5. The molecule has 0 aliphatic rings. The summed E-state index contributed by atoms with van der Waals surface area (Å²) in [5.41, 5.74) is 5.21. The Balaban J connectivity index is 2.06. The molecule has 2 aromatic rings. The van der Waals surface area contributed by atoms with Gasteiger partial charge in [0.2, 0.25) is 0 Å². The largest absolute Gasteiger partial charge is 0.449 e. The van der Waals surface area contributed by atoms with Crippen LogP contribution in [0.4, 0.5) is 21.5 Å². The summed E-state index contributed by atoms with van der Waals surface area (Å²) >= 11 is 5.81. The minimum absolute atomic E-state index is 0.0171. The zero-order chi connectivity index (χ0) is 19.4. The normalized spacial score (nSPS) is 11.5. The van der Waals surface area contributed by atoms with E-state index in [4.69, 9.17) is 22.1 Å². The second-order valence-electron chi connectivity index (χ2n) is 5.19. The number of non-ortho nitro benzene ring substituents is 1. The number of esters is 1. The molecule has 0 fully saturated rings. The highest BCUT2D eigenvalue weighted by Crippen LogP contribution is 2.23. The zero-order valence-electron chi connectivity index (χ0n) is 13.4. The molecule has 3 N–H and O–H groups in total. The summed E-state index contributed by atoms with van der Waals surface area (Å²) in [4.78, 5) is 34.2. The lowest BCUT2D eigenvalue weighted by molar-refractivity contribution is -0.384. The number of nitrogens with zero attached hydrogens (tertiary/aromatic N) is 1. The van der Waals surface area contributed by atoms with Crippen LogP contribution in [-0.4, -0.2) is 22.9 Å². The van der Waals surface area contributed by atoms with E-state index in [1.807, 2.05) is 0 Å².